The highest BCUT2D eigenvalue weighted by Gasteiger charge is 2.40. The average molecular weight is 392 g/mol. The monoisotopic (exact) mass is 391 g/mol. The smallest absolute Gasteiger partial charge is 0.220 e. The summed E-state index contributed by atoms with van der Waals surface area (Å²) < 4.78 is 6.41. The predicted molar refractivity (Wildman–Crippen MR) is 106 cm³/mol. The van der Waals surface area contributed by atoms with Gasteiger partial charge in [-0.15, -0.1) is 0 Å². The van der Waals surface area contributed by atoms with E-state index in [9.17, 15) is 4.79 Å². The lowest BCUT2D eigenvalue weighted by atomic mass is 9.81. The quantitative estimate of drug-likeness (QED) is 0.707. The zero-order valence-electron chi connectivity index (χ0n) is 15.0. The summed E-state index contributed by atoms with van der Waals surface area (Å²) in [6, 6.07) is 15.4. The third-order valence-electron chi connectivity index (χ3n) is 4.84. The van der Waals surface area contributed by atoms with Gasteiger partial charge in [0.15, 0.2) is 0 Å². The molecule has 138 valence electrons. The number of halogens is 2. The second kappa shape index (κ2) is 7.99. The molecule has 1 N–H and O–H groups in total. The van der Waals surface area contributed by atoms with Crippen molar-refractivity contribution in [3.63, 3.8) is 0 Å². The molecular weight excluding hydrogens is 369 g/mol. The van der Waals surface area contributed by atoms with Crippen molar-refractivity contribution < 1.29 is 9.53 Å². The van der Waals surface area contributed by atoms with Gasteiger partial charge in [-0.25, -0.2) is 0 Å². The van der Waals surface area contributed by atoms with Gasteiger partial charge < -0.3 is 10.1 Å². The van der Waals surface area contributed by atoms with Crippen molar-refractivity contribution in [3.05, 3.63) is 69.7 Å². The number of amides is 1. The van der Waals surface area contributed by atoms with E-state index in [0.717, 1.165) is 11.1 Å². The van der Waals surface area contributed by atoms with Crippen LogP contribution in [0.4, 0.5) is 0 Å². The topological polar surface area (TPSA) is 38.3 Å². The van der Waals surface area contributed by atoms with Gasteiger partial charge in [0.1, 0.15) is 0 Å². The van der Waals surface area contributed by atoms with Gasteiger partial charge in [-0.2, -0.15) is 0 Å². The first-order valence-corrected chi connectivity index (χ1v) is 9.62. The minimum Gasteiger partial charge on any atom is -0.365 e. The van der Waals surface area contributed by atoms with Crippen molar-refractivity contribution >= 4 is 29.1 Å². The maximum atomic E-state index is 12.1. The molecule has 5 heteroatoms. The minimum atomic E-state index is -0.387. The lowest BCUT2D eigenvalue weighted by Crippen LogP contribution is -2.50. The SMILES string of the molecule is CCC(=O)N[C@@]1(C)C[C@@H](c2cccc(Cl)c2)O[C@@H](c2ccccc2Cl)C1. The van der Waals surface area contributed by atoms with Crippen LogP contribution in [0.1, 0.15) is 56.4 Å². The molecule has 0 saturated carbocycles. The van der Waals surface area contributed by atoms with E-state index in [1.807, 2.05) is 55.5 Å². The molecule has 0 bridgehead atoms. The third kappa shape index (κ3) is 4.40. The summed E-state index contributed by atoms with van der Waals surface area (Å²) in [6.45, 7) is 3.93. The molecule has 1 amide bonds. The first-order valence-electron chi connectivity index (χ1n) is 8.86. The van der Waals surface area contributed by atoms with Crippen molar-refractivity contribution in [2.75, 3.05) is 0 Å². The molecule has 1 aliphatic heterocycles. The van der Waals surface area contributed by atoms with Crippen LogP contribution in [0, 0.1) is 0 Å². The van der Waals surface area contributed by atoms with Gasteiger partial charge in [0.25, 0.3) is 0 Å². The second-order valence-corrected chi connectivity index (χ2v) is 7.90. The van der Waals surface area contributed by atoms with Gasteiger partial charge in [-0.05, 0) is 36.2 Å². The van der Waals surface area contributed by atoms with E-state index in [2.05, 4.69) is 12.2 Å². The molecule has 0 aromatic heterocycles. The Morgan fingerprint density at radius 3 is 2.58 bits per heavy atom. The largest absolute Gasteiger partial charge is 0.365 e. The number of hydrogen-bond donors (Lipinski definition) is 1. The molecule has 1 heterocycles. The zero-order chi connectivity index (χ0) is 18.7. The van der Waals surface area contributed by atoms with Crippen LogP contribution in [0.3, 0.4) is 0 Å². The van der Waals surface area contributed by atoms with E-state index in [1.54, 1.807) is 0 Å². The van der Waals surface area contributed by atoms with Crippen LogP contribution in [0.2, 0.25) is 10.0 Å². The van der Waals surface area contributed by atoms with Gasteiger partial charge in [0.05, 0.1) is 12.2 Å². The zero-order valence-corrected chi connectivity index (χ0v) is 16.5. The van der Waals surface area contributed by atoms with E-state index in [-0.39, 0.29) is 23.7 Å². The number of carbonyl (C=O) groups excluding carboxylic acids is 1. The minimum absolute atomic E-state index is 0.0390. The first-order chi connectivity index (χ1) is 12.4. The highest BCUT2D eigenvalue weighted by molar-refractivity contribution is 6.31. The summed E-state index contributed by atoms with van der Waals surface area (Å²) in [5.41, 5.74) is 1.56. The molecule has 1 fully saturated rings. The maximum Gasteiger partial charge on any atom is 0.220 e. The van der Waals surface area contributed by atoms with Crippen molar-refractivity contribution in [1.29, 1.82) is 0 Å². The second-order valence-electron chi connectivity index (χ2n) is 7.06. The van der Waals surface area contributed by atoms with Gasteiger partial charge in [-0.3, -0.25) is 4.79 Å². The van der Waals surface area contributed by atoms with E-state index >= 15 is 0 Å². The lowest BCUT2D eigenvalue weighted by Gasteiger charge is -2.43. The van der Waals surface area contributed by atoms with Crippen molar-refractivity contribution in [3.8, 4) is 0 Å². The Labute approximate surface area is 164 Å². The molecule has 0 unspecified atom stereocenters. The van der Waals surface area contributed by atoms with Crippen LogP contribution < -0.4 is 5.32 Å². The summed E-state index contributed by atoms with van der Waals surface area (Å²) in [5, 5.41) is 4.53. The number of ether oxygens (including phenoxy) is 1. The Morgan fingerprint density at radius 2 is 1.88 bits per heavy atom. The van der Waals surface area contributed by atoms with Crippen molar-refractivity contribution in [1.82, 2.24) is 5.32 Å². The van der Waals surface area contributed by atoms with Gasteiger partial charge in [0.2, 0.25) is 5.91 Å². The third-order valence-corrected chi connectivity index (χ3v) is 5.41. The molecule has 3 rings (SSSR count). The van der Waals surface area contributed by atoms with Crippen LogP contribution in [-0.2, 0) is 9.53 Å². The number of rotatable bonds is 4. The normalized spacial score (nSPS) is 25.7. The molecule has 2 aromatic carbocycles. The van der Waals surface area contributed by atoms with Crippen LogP contribution in [0.15, 0.2) is 48.5 Å². The molecule has 0 aliphatic carbocycles. The Kier molecular flexibility index (Phi) is 5.91. The summed E-state index contributed by atoms with van der Waals surface area (Å²) >= 11 is 12.6. The fraction of sp³-hybridized carbons (Fsp3) is 0.381. The van der Waals surface area contributed by atoms with Crippen LogP contribution in [0.5, 0.6) is 0 Å². The molecule has 2 aromatic rings. The van der Waals surface area contributed by atoms with E-state index in [1.165, 1.54) is 0 Å². The van der Waals surface area contributed by atoms with Gasteiger partial charge in [0, 0.05) is 34.8 Å². The molecule has 0 spiro atoms. The molecule has 3 nitrogen and oxygen atoms in total. The molecule has 3 atom stereocenters. The summed E-state index contributed by atoms with van der Waals surface area (Å²) in [5.74, 6) is 0.0390. The fourth-order valence-corrected chi connectivity index (χ4v) is 4.00. The Bertz CT molecular complexity index is 795. The number of carbonyl (C=O) groups is 1. The molecule has 1 aliphatic rings. The Morgan fingerprint density at radius 1 is 1.15 bits per heavy atom. The number of nitrogens with one attached hydrogen (secondary N) is 1. The van der Waals surface area contributed by atoms with E-state index in [4.69, 9.17) is 27.9 Å². The van der Waals surface area contributed by atoms with Gasteiger partial charge >= 0.3 is 0 Å². The summed E-state index contributed by atoms with van der Waals surface area (Å²) in [7, 11) is 0. The summed E-state index contributed by atoms with van der Waals surface area (Å²) in [6.07, 6.45) is 1.42. The first kappa shape index (κ1) is 19.2. The van der Waals surface area contributed by atoms with Crippen molar-refractivity contribution in [2.24, 2.45) is 0 Å². The highest BCUT2D eigenvalue weighted by atomic mass is 35.5. The standard InChI is InChI=1S/C21H23Cl2NO2/c1-3-20(25)24-21(2)12-18(14-7-6-8-15(22)11-14)26-19(13-21)16-9-4-5-10-17(16)23/h4-11,18-19H,3,12-13H2,1-2H3,(H,24,25)/t18-,19+,21-/m0/s1. The highest BCUT2D eigenvalue weighted by Crippen LogP contribution is 2.45. The van der Waals surface area contributed by atoms with Crippen LogP contribution in [0.25, 0.3) is 0 Å². The van der Waals surface area contributed by atoms with Crippen molar-refractivity contribution in [2.45, 2.75) is 50.9 Å². The average Bonchev–Trinajstić information content (AvgIpc) is 2.61. The molecule has 0 radical (unpaired) electrons. The maximum absolute atomic E-state index is 12.1. The Hall–Kier alpha value is -1.55. The van der Waals surface area contributed by atoms with E-state index in [0.29, 0.717) is 29.3 Å². The lowest BCUT2D eigenvalue weighted by molar-refractivity contribution is -0.128. The van der Waals surface area contributed by atoms with E-state index < -0.39 is 0 Å². The molecule has 26 heavy (non-hydrogen) atoms. The number of hydrogen-bond acceptors (Lipinski definition) is 2. The van der Waals surface area contributed by atoms with Gasteiger partial charge in [-0.1, -0.05) is 60.5 Å². The van der Waals surface area contributed by atoms with Crippen LogP contribution in [-0.4, -0.2) is 11.4 Å². The Balaban J connectivity index is 1.95. The summed E-state index contributed by atoms with van der Waals surface area (Å²) in [4.78, 5) is 12.1. The molecular formula is C21H23Cl2NO2. The number of benzene rings is 2. The van der Waals surface area contributed by atoms with Crippen LogP contribution >= 0.6 is 23.2 Å². The predicted octanol–water partition coefficient (Wildman–Crippen LogP) is 5.87. The molecule has 1 saturated heterocycles. The fourth-order valence-electron chi connectivity index (χ4n) is 3.55.